The molecule has 0 saturated carbocycles. The molecular weight excluding hydrogens is 355 g/mol. The predicted molar refractivity (Wildman–Crippen MR) is 133 cm³/mol. The molecule has 1 rings (SSSR count). The first kappa shape index (κ1) is 25.7. The van der Waals surface area contributed by atoms with E-state index in [1.54, 1.807) is 0 Å². The molecule has 0 radical (unpaired) electrons. The fourth-order valence-electron chi connectivity index (χ4n) is 4.18. The van der Waals surface area contributed by atoms with Gasteiger partial charge in [0.15, 0.2) is 0 Å². The molecule has 0 fully saturated rings. The molecule has 0 aliphatic heterocycles. The zero-order valence-corrected chi connectivity index (χ0v) is 20.5. The highest BCUT2D eigenvalue weighted by atomic mass is 31.0. The van der Waals surface area contributed by atoms with Gasteiger partial charge in [0.1, 0.15) is 0 Å². The fourth-order valence-corrected chi connectivity index (χ4v) is 4.61. The standard InChI is InChI=1S/C27H49P/c1-4-5-6-7-8-9-10-11-12-13-14-15-16-17-21-24-26(28)27(2,3)25-22-19-18-20-23-25/h18-20,22-23,26H,4-17,21,24,28H2,1-3H3. The molecule has 0 bridgehead atoms. The summed E-state index contributed by atoms with van der Waals surface area (Å²) in [6.45, 7) is 7.09. The lowest BCUT2D eigenvalue weighted by Crippen LogP contribution is -2.29. The van der Waals surface area contributed by atoms with Crippen molar-refractivity contribution in [2.45, 2.75) is 135 Å². The maximum Gasteiger partial charge on any atom is -0.00409 e. The van der Waals surface area contributed by atoms with Crippen molar-refractivity contribution in [2.75, 3.05) is 0 Å². The second-order valence-electron chi connectivity index (χ2n) is 9.43. The highest BCUT2D eigenvalue weighted by Crippen LogP contribution is 2.34. The molecule has 28 heavy (non-hydrogen) atoms. The Kier molecular flexibility index (Phi) is 15.1. The predicted octanol–water partition coefficient (Wildman–Crippen LogP) is 9.47. The SMILES string of the molecule is CCCCCCCCCCCCCCCCCC(P)C(C)(C)c1ccccc1. The minimum atomic E-state index is 0.252. The van der Waals surface area contributed by atoms with E-state index in [9.17, 15) is 0 Å². The van der Waals surface area contributed by atoms with Crippen LogP contribution in [-0.4, -0.2) is 5.66 Å². The number of unbranched alkanes of at least 4 members (excludes halogenated alkanes) is 14. The number of benzene rings is 1. The van der Waals surface area contributed by atoms with Gasteiger partial charge in [0.25, 0.3) is 0 Å². The van der Waals surface area contributed by atoms with Crippen molar-refractivity contribution in [2.24, 2.45) is 0 Å². The average molecular weight is 405 g/mol. The molecule has 1 aromatic carbocycles. The van der Waals surface area contributed by atoms with Crippen molar-refractivity contribution in [3.63, 3.8) is 0 Å². The second-order valence-corrected chi connectivity index (χ2v) is 10.2. The van der Waals surface area contributed by atoms with Crippen LogP contribution in [0.4, 0.5) is 0 Å². The summed E-state index contributed by atoms with van der Waals surface area (Å²) in [6, 6.07) is 11.0. The highest BCUT2D eigenvalue weighted by molar-refractivity contribution is 7.17. The van der Waals surface area contributed by atoms with Gasteiger partial charge in [0, 0.05) is 0 Å². The minimum Gasteiger partial charge on any atom is -0.134 e. The average Bonchev–Trinajstić information content (AvgIpc) is 2.71. The summed E-state index contributed by atoms with van der Waals surface area (Å²) in [5.41, 5.74) is 2.38. The van der Waals surface area contributed by atoms with Gasteiger partial charge in [0.05, 0.1) is 0 Å². The van der Waals surface area contributed by atoms with Crippen LogP contribution in [0.25, 0.3) is 0 Å². The maximum atomic E-state index is 3.12. The summed E-state index contributed by atoms with van der Waals surface area (Å²) in [6.07, 6.45) is 23.0. The third-order valence-electron chi connectivity index (χ3n) is 6.56. The van der Waals surface area contributed by atoms with E-state index in [1.807, 2.05) is 0 Å². The Labute approximate surface area is 179 Å². The first-order chi connectivity index (χ1) is 13.6. The van der Waals surface area contributed by atoms with E-state index < -0.39 is 0 Å². The van der Waals surface area contributed by atoms with Crippen LogP contribution in [0.2, 0.25) is 0 Å². The molecule has 2 unspecified atom stereocenters. The van der Waals surface area contributed by atoms with Crippen LogP contribution in [-0.2, 0) is 5.41 Å². The Morgan fingerprint density at radius 3 is 1.46 bits per heavy atom. The van der Waals surface area contributed by atoms with Gasteiger partial charge in [-0.3, -0.25) is 0 Å². The first-order valence-electron chi connectivity index (χ1n) is 12.4. The molecule has 0 nitrogen and oxygen atoms in total. The molecular formula is C27H49P. The number of hydrogen-bond acceptors (Lipinski definition) is 0. The van der Waals surface area contributed by atoms with Crippen molar-refractivity contribution < 1.29 is 0 Å². The third-order valence-corrected chi connectivity index (χ3v) is 7.73. The number of rotatable bonds is 18. The highest BCUT2D eigenvalue weighted by Gasteiger charge is 2.27. The Hall–Kier alpha value is -0.350. The van der Waals surface area contributed by atoms with Crippen molar-refractivity contribution in [1.29, 1.82) is 0 Å². The molecule has 0 aliphatic rings. The zero-order valence-electron chi connectivity index (χ0n) is 19.4. The second kappa shape index (κ2) is 16.4. The van der Waals surface area contributed by atoms with Crippen molar-refractivity contribution in [3.8, 4) is 0 Å². The van der Waals surface area contributed by atoms with E-state index in [-0.39, 0.29) is 5.41 Å². The number of hydrogen-bond donors (Lipinski definition) is 0. The van der Waals surface area contributed by atoms with Crippen LogP contribution < -0.4 is 0 Å². The molecule has 0 saturated heterocycles. The Morgan fingerprint density at radius 1 is 0.643 bits per heavy atom. The minimum absolute atomic E-state index is 0.252. The molecule has 0 aliphatic carbocycles. The quantitative estimate of drug-likeness (QED) is 0.169. The van der Waals surface area contributed by atoms with Crippen LogP contribution >= 0.6 is 9.24 Å². The van der Waals surface area contributed by atoms with Crippen molar-refractivity contribution in [1.82, 2.24) is 0 Å². The molecule has 0 N–H and O–H groups in total. The summed E-state index contributed by atoms with van der Waals surface area (Å²) in [7, 11) is 3.12. The van der Waals surface area contributed by atoms with Crippen LogP contribution in [0.3, 0.4) is 0 Å². The lowest BCUT2D eigenvalue weighted by molar-refractivity contribution is 0.454. The monoisotopic (exact) mass is 404 g/mol. The van der Waals surface area contributed by atoms with Gasteiger partial charge in [-0.05, 0) is 23.1 Å². The maximum absolute atomic E-state index is 3.12. The lowest BCUT2D eigenvalue weighted by Gasteiger charge is -2.32. The van der Waals surface area contributed by atoms with Gasteiger partial charge < -0.3 is 0 Å². The van der Waals surface area contributed by atoms with Crippen molar-refractivity contribution >= 4 is 9.24 Å². The third kappa shape index (κ3) is 11.6. The summed E-state index contributed by atoms with van der Waals surface area (Å²) in [5, 5.41) is 0. The molecule has 1 aromatic rings. The topological polar surface area (TPSA) is 0 Å². The lowest BCUT2D eigenvalue weighted by atomic mass is 9.79. The fraction of sp³-hybridized carbons (Fsp3) is 0.778. The van der Waals surface area contributed by atoms with Crippen LogP contribution in [0.1, 0.15) is 129 Å². The zero-order chi connectivity index (χ0) is 20.5. The molecule has 0 spiro atoms. The van der Waals surface area contributed by atoms with Crippen LogP contribution in [0.5, 0.6) is 0 Å². The van der Waals surface area contributed by atoms with E-state index in [2.05, 4.69) is 60.3 Å². The smallest absolute Gasteiger partial charge is 0.00409 e. The first-order valence-corrected chi connectivity index (χ1v) is 13.1. The normalized spacial score (nSPS) is 13.0. The Morgan fingerprint density at radius 2 is 1.04 bits per heavy atom. The summed E-state index contributed by atoms with van der Waals surface area (Å²) < 4.78 is 0. The van der Waals surface area contributed by atoms with Gasteiger partial charge in [-0.1, -0.05) is 147 Å². The van der Waals surface area contributed by atoms with Gasteiger partial charge in [-0.2, -0.15) is 0 Å². The molecule has 0 heterocycles. The van der Waals surface area contributed by atoms with Gasteiger partial charge in [0.2, 0.25) is 0 Å². The van der Waals surface area contributed by atoms with Gasteiger partial charge in [-0.15, -0.1) is 9.24 Å². The Bertz CT molecular complexity index is 451. The van der Waals surface area contributed by atoms with E-state index >= 15 is 0 Å². The summed E-state index contributed by atoms with van der Waals surface area (Å²) in [4.78, 5) is 0. The van der Waals surface area contributed by atoms with Crippen LogP contribution in [0, 0.1) is 0 Å². The van der Waals surface area contributed by atoms with E-state index in [0.29, 0.717) is 5.66 Å². The molecule has 0 amide bonds. The summed E-state index contributed by atoms with van der Waals surface area (Å²) >= 11 is 0. The molecule has 162 valence electrons. The van der Waals surface area contributed by atoms with Crippen molar-refractivity contribution in [3.05, 3.63) is 35.9 Å². The van der Waals surface area contributed by atoms with E-state index in [4.69, 9.17) is 0 Å². The van der Waals surface area contributed by atoms with E-state index in [1.165, 1.54) is 108 Å². The van der Waals surface area contributed by atoms with Crippen LogP contribution in [0.15, 0.2) is 30.3 Å². The molecule has 0 aromatic heterocycles. The molecule has 2 atom stereocenters. The summed E-state index contributed by atoms with van der Waals surface area (Å²) in [5.74, 6) is 0. The Balaban J connectivity index is 1.91. The van der Waals surface area contributed by atoms with Gasteiger partial charge >= 0.3 is 0 Å². The largest absolute Gasteiger partial charge is 0.134 e. The van der Waals surface area contributed by atoms with Gasteiger partial charge in [-0.25, -0.2) is 0 Å². The molecule has 1 heteroatoms. The van der Waals surface area contributed by atoms with E-state index in [0.717, 1.165) is 0 Å².